The fourth-order valence-corrected chi connectivity index (χ4v) is 2.12. The van der Waals surface area contributed by atoms with Crippen molar-refractivity contribution in [2.24, 2.45) is 7.05 Å². The SMILES string of the molecule is CC(O)=C(Cc1cn(C)c2ccccc12)C(=O)O. The van der Waals surface area contributed by atoms with E-state index in [1.54, 1.807) is 0 Å². The number of aryl methyl sites for hydroxylation is 1. The summed E-state index contributed by atoms with van der Waals surface area (Å²) in [7, 11) is 1.92. The van der Waals surface area contributed by atoms with Crippen molar-refractivity contribution in [2.75, 3.05) is 0 Å². The van der Waals surface area contributed by atoms with Crippen molar-refractivity contribution in [3.8, 4) is 0 Å². The lowest BCUT2D eigenvalue weighted by Crippen LogP contribution is -2.06. The average Bonchev–Trinajstić information content (AvgIpc) is 2.63. The van der Waals surface area contributed by atoms with Gasteiger partial charge in [0.25, 0.3) is 0 Å². The van der Waals surface area contributed by atoms with Crippen LogP contribution in [0.2, 0.25) is 0 Å². The molecular formula is C14H15NO3. The summed E-state index contributed by atoms with van der Waals surface area (Å²) in [6.07, 6.45) is 2.12. The quantitative estimate of drug-likeness (QED) is 0.645. The molecule has 0 atom stereocenters. The van der Waals surface area contributed by atoms with Crippen LogP contribution in [0, 0.1) is 0 Å². The smallest absolute Gasteiger partial charge is 0.335 e. The number of hydrogen-bond acceptors (Lipinski definition) is 2. The molecule has 0 saturated carbocycles. The number of aliphatic hydroxyl groups excluding tert-OH is 1. The average molecular weight is 245 g/mol. The van der Waals surface area contributed by atoms with Crippen LogP contribution in [0.4, 0.5) is 0 Å². The van der Waals surface area contributed by atoms with E-state index in [2.05, 4.69) is 0 Å². The Labute approximate surface area is 105 Å². The molecule has 0 radical (unpaired) electrons. The molecular weight excluding hydrogens is 230 g/mol. The number of nitrogens with zero attached hydrogens (tertiary/aromatic N) is 1. The number of carboxylic acids is 1. The Balaban J connectivity index is 2.50. The molecule has 2 N–H and O–H groups in total. The molecule has 1 aromatic heterocycles. The first kappa shape index (κ1) is 12.2. The molecule has 0 bridgehead atoms. The maximum atomic E-state index is 11.1. The maximum absolute atomic E-state index is 11.1. The molecule has 0 fully saturated rings. The summed E-state index contributed by atoms with van der Waals surface area (Å²) in [5.74, 6) is -1.22. The van der Waals surface area contributed by atoms with Gasteiger partial charge in [0.15, 0.2) is 0 Å². The summed E-state index contributed by atoms with van der Waals surface area (Å²) in [6, 6.07) is 7.80. The van der Waals surface area contributed by atoms with Gasteiger partial charge >= 0.3 is 5.97 Å². The summed E-state index contributed by atoms with van der Waals surface area (Å²) in [4.78, 5) is 11.1. The zero-order chi connectivity index (χ0) is 13.3. The third kappa shape index (κ3) is 2.09. The van der Waals surface area contributed by atoms with E-state index in [-0.39, 0.29) is 17.8 Å². The number of carboxylic acid groups (broad SMARTS) is 1. The van der Waals surface area contributed by atoms with E-state index in [1.807, 2.05) is 42.1 Å². The van der Waals surface area contributed by atoms with E-state index in [4.69, 9.17) is 5.11 Å². The summed E-state index contributed by atoms with van der Waals surface area (Å²) in [5, 5.41) is 19.5. The van der Waals surface area contributed by atoms with Crippen LogP contribution in [0.15, 0.2) is 41.8 Å². The van der Waals surface area contributed by atoms with E-state index in [9.17, 15) is 9.90 Å². The van der Waals surface area contributed by atoms with E-state index in [1.165, 1.54) is 6.92 Å². The molecule has 0 spiro atoms. The summed E-state index contributed by atoms with van der Waals surface area (Å²) < 4.78 is 1.96. The Morgan fingerprint density at radius 1 is 1.28 bits per heavy atom. The van der Waals surface area contributed by atoms with Crippen molar-refractivity contribution in [3.63, 3.8) is 0 Å². The molecule has 1 aromatic carbocycles. The van der Waals surface area contributed by atoms with Gasteiger partial charge in [0.2, 0.25) is 0 Å². The number of allylic oxidation sites excluding steroid dienone is 1. The molecule has 1 heterocycles. The van der Waals surface area contributed by atoms with Crippen molar-refractivity contribution < 1.29 is 15.0 Å². The van der Waals surface area contributed by atoms with Gasteiger partial charge in [0, 0.05) is 30.6 Å². The maximum Gasteiger partial charge on any atom is 0.335 e. The van der Waals surface area contributed by atoms with Gasteiger partial charge in [-0.3, -0.25) is 0 Å². The largest absolute Gasteiger partial charge is 0.512 e. The highest BCUT2D eigenvalue weighted by molar-refractivity contribution is 5.90. The topological polar surface area (TPSA) is 62.5 Å². The highest BCUT2D eigenvalue weighted by atomic mass is 16.4. The van der Waals surface area contributed by atoms with Crippen molar-refractivity contribution in [1.29, 1.82) is 0 Å². The number of benzene rings is 1. The third-order valence-corrected chi connectivity index (χ3v) is 3.04. The zero-order valence-corrected chi connectivity index (χ0v) is 10.3. The molecule has 0 amide bonds. The second kappa shape index (κ2) is 4.56. The van der Waals surface area contributed by atoms with Crippen LogP contribution in [-0.2, 0) is 18.3 Å². The fraction of sp³-hybridized carbons (Fsp3) is 0.214. The number of carbonyl (C=O) groups is 1. The van der Waals surface area contributed by atoms with Gasteiger partial charge in [-0.15, -0.1) is 0 Å². The first-order chi connectivity index (χ1) is 8.50. The van der Waals surface area contributed by atoms with Gasteiger partial charge < -0.3 is 14.8 Å². The molecule has 2 aromatic rings. The van der Waals surface area contributed by atoms with E-state index in [0.717, 1.165) is 16.5 Å². The lowest BCUT2D eigenvalue weighted by atomic mass is 10.0. The van der Waals surface area contributed by atoms with Gasteiger partial charge in [0.1, 0.15) is 0 Å². The van der Waals surface area contributed by atoms with E-state index >= 15 is 0 Å². The Kier molecular flexibility index (Phi) is 3.10. The van der Waals surface area contributed by atoms with Crippen molar-refractivity contribution in [2.45, 2.75) is 13.3 Å². The standard InChI is InChI=1S/C14H15NO3/c1-9(16)12(14(17)18)7-10-8-15(2)13-6-4-3-5-11(10)13/h3-6,8,16H,7H2,1-2H3,(H,17,18). The van der Waals surface area contributed by atoms with Gasteiger partial charge in [0.05, 0.1) is 11.3 Å². The summed E-state index contributed by atoms with van der Waals surface area (Å²) >= 11 is 0. The third-order valence-electron chi connectivity index (χ3n) is 3.04. The number of hydrogen-bond donors (Lipinski definition) is 2. The lowest BCUT2D eigenvalue weighted by molar-refractivity contribution is -0.132. The Bertz CT molecular complexity index is 634. The van der Waals surface area contributed by atoms with E-state index < -0.39 is 5.97 Å². The molecule has 4 nitrogen and oxygen atoms in total. The molecule has 0 saturated heterocycles. The molecule has 94 valence electrons. The summed E-state index contributed by atoms with van der Waals surface area (Å²) in [5.41, 5.74) is 1.98. The molecule has 0 unspecified atom stereocenters. The van der Waals surface area contributed by atoms with E-state index in [0.29, 0.717) is 0 Å². The second-order valence-corrected chi connectivity index (χ2v) is 4.33. The first-order valence-electron chi connectivity index (χ1n) is 5.65. The van der Waals surface area contributed by atoms with Gasteiger partial charge in [-0.1, -0.05) is 18.2 Å². The Hall–Kier alpha value is -2.23. The highest BCUT2D eigenvalue weighted by Gasteiger charge is 2.15. The van der Waals surface area contributed by atoms with Crippen molar-refractivity contribution in [3.05, 3.63) is 47.4 Å². The Morgan fingerprint density at radius 2 is 1.94 bits per heavy atom. The molecule has 0 aliphatic rings. The minimum Gasteiger partial charge on any atom is -0.512 e. The second-order valence-electron chi connectivity index (χ2n) is 4.33. The number of aliphatic hydroxyl groups is 1. The number of aromatic nitrogens is 1. The first-order valence-corrected chi connectivity index (χ1v) is 5.65. The Morgan fingerprint density at radius 3 is 2.56 bits per heavy atom. The minimum atomic E-state index is -1.08. The number of para-hydroxylation sites is 1. The predicted octanol–water partition coefficient (Wildman–Crippen LogP) is 2.64. The normalized spacial score (nSPS) is 12.6. The summed E-state index contributed by atoms with van der Waals surface area (Å²) in [6.45, 7) is 1.40. The lowest BCUT2D eigenvalue weighted by Gasteiger charge is -2.02. The van der Waals surface area contributed by atoms with Crippen LogP contribution in [0.1, 0.15) is 12.5 Å². The predicted molar refractivity (Wildman–Crippen MR) is 69.6 cm³/mol. The number of rotatable bonds is 3. The minimum absolute atomic E-state index is 0.0337. The van der Waals surface area contributed by atoms with Crippen LogP contribution in [-0.4, -0.2) is 20.7 Å². The number of aliphatic carboxylic acids is 1. The number of fused-ring (bicyclic) bond motifs is 1. The van der Waals surface area contributed by atoms with Crippen LogP contribution < -0.4 is 0 Å². The highest BCUT2D eigenvalue weighted by Crippen LogP contribution is 2.23. The van der Waals surface area contributed by atoms with Crippen molar-refractivity contribution in [1.82, 2.24) is 4.57 Å². The fourth-order valence-electron chi connectivity index (χ4n) is 2.12. The zero-order valence-electron chi connectivity index (χ0n) is 10.3. The molecule has 18 heavy (non-hydrogen) atoms. The van der Waals surface area contributed by atoms with Crippen LogP contribution >= 0.6 is 0 Å². The van der Waals surface area contributed by atoms with Crippen LogP contribution in [0.5, 0.6) is 0 Å². The monoisotopic (exact) mass is 245 g/mol. The van der Waals surface area contributed by atoms with Crippen LogP contribution in [0.25, 0.3) is 10.9 Å². The van der Waals surface area contributed by atoms with Crippen LogP contribution in [0.3, 0.4) is 0 Å². The molecule has 2 rings (SSSR count). The molecule has 4 heteroatoms. The van der Waals surface area contributed by atoms with Gasteiger partial charge in [-0.25, -0.2) is 4.79 Å². The van der Waals surface area contributed by atoms with Crippen molar-refractivity contribution >= 4 is 16.9 Å². The molecule has 0 aliphatic carbocycles. The van der Waals surface area contributed by atoms with Gasteiger partial charge in [-0.05, 0) is 18.6 Å². The van der Waals surface area contributed by atoms with Gasteiger partial charge in [-0.2, -0.15) is 0 Å². The molecule has 0 aliphatic heterocycles.